The van der Waals surface area contributed by atoms with E-state index >= 15 is 0 Å². The quantitative estimate of drug-likeness (QED) is 0.170. The minimum atomic E-state index is -2.37. The number of ether oxygens (including phenoxy) is 4. The van der Waals surface area contributed by atoms with E-state index < -0.39 is 17.2 Å². The fourth-order valence-corrected chi connectivity index (χ4v) is 4.79. The number of quaternary nitrogens is 1. The van der Waals surface area contributed by atoms with Crippen LogP contribution in [0.25, 0.3) is 0 Å². The van der Waals surface area contributed by atoms with E-state index in [1.54, 1.807) is 0 Å². The van der Waals surface area contributed by atoms with Gasteiger partial charge in [0.25, 0.3) is 25.0 Å². The number of unbranched alkanes of at least 4 members (excludes halogenated alkanes) is 4. The second kappa shape index (κ2) is 17.5. The first-order chi connectivity index (χ1) is 17.7. The molecule has 4 N–H and O–H groups in total. The van der Waals surface area contributed by atoms with Gasteiger partial charge in [-0.05, 0) is 32.1 Å². The van der Waals surface area contributed by atoms with Crippen LogP contribution in [0.4, 0.5) is 0 Å². The standard InChI is InChI=1S/C16H36N.C10H10N6O4/c1-5-9-13-17(14-10-6-2,15-11-7-3)16-12-8-4;11-4-17-8(15)2-1-3-9(18-5-12,19-6-13)10(8,16)20-7-14/h5-16H2,1-4H3;1-3,15-16H2/q+1;. The monoisotopic (exact) mass is 520 g/mol. The van der Waals surface area contributed by atoms with Gasteiger partial charge in [0.2, 0.25) is 5.72 Å². The third kappa shape index (κ3) is 9.13. The van der Waals surface area contributed by atoms with Gasteiger partial charge in [0.1, 0.15) is 0 Å². The van der Waals surface area contributed by atoms with Crippen molar-refractivity contribution in [1.29, 1.82) is 21.0 Å². The molecule has 0 aromatic rings. The van der Waals surface area contributed by atoms with Crippen molar-refractivity contribution in [2.24, 2.45) is 11.5 Å². The molecule has 2 unspecified atom stereocenters. The maximum atomic E-state index is 8.73. The van der Waals surface area contributed by atoms with Crippen molar-refractivity contribution in [1.82, 2.24) is 0 Å². The van der Waals surface area contributed by atoms with E-state index in [2.05, 4.69) is 37.2 Å². The lowest BCUT2D eigenvalue weighted by molar-refractivity contribution is -0.929. The molecule has 1 aliphatic rings. The molecule has 11 nitrogen and oxygen atoms in total. The third-order valence-corrected chi connectivity index (χ3v) is 7.05. The Kier molecular flexibility index (Phi) is 16.1. The van der Waals surface area contributed by atoms with E-state index in [1.165, 1.54) is 107 Å². The molecule has 0 aromatic carbocycles. The minimum absolute atomic E-state index is 0.0179. The van der Waals surface area contributed by atoms with Crippen molar-refractivity contribution < 1.29 is 23.4 Å². The lowest BCUT2D eigenvalue weighted by atomic mass is 9.78. The molecule has 1 aliphatic carbocycles. The Balaban J connectivity index is 0.000000712. The Labute approximate surface area is 223 Å². The highest BCUT2D eigenvalue weighted by molar-refractivity contribution is 5.12. The largest absolute Gasteiger partial charge is 0.399 e. The van der Waals surface area contributed by atoms with E-state index in [-0.39, 0.29) is 19.3 Å². The van der Waals surface area contributed by atoms with Crippen molar-refractivity contribution in [3.8, 4) is 25.0 Å². The van der Waals surface area contributed by atoms with Gasteiger partial charge in [-0.3, -0.25) is 11.5 Å². The van der Waals surface area contributed by atoms with Crippen LogP contribution in [0.5, 0.6) is 0 Å². The summed E-state index contributed by atoms with van der Waals surface area (Å²) >= 11 is 0. The van der Waals surface area contributed by atoms with Gasteiger partial charge in [-0.2, -0.15) is 21.0 Å². The number of hydrogen-bond acceptors (Lipinski definition) is 10. The molecule has 0 radical (unpaired) electrons. The Hall–Kier alpha value is -2.96. The van der Waals surface area contributed by atoms with Crippen LogP contribution in [0, 0.1) is 46.1 Å². The number of nitriles is 4. The average Bonchev–Trinajstić information content (AvgIpc) is 2.88. The molecule has 208 valence electrons. The topological polar surface area (TPSA) is 184 Å². The van der Waals surface area contributed by atoms with Crippen LogP contribution >= 0.6 is 0 Å². The van der Waals surface area contributed by atoms with Gasteiger partial charge in [0.05, 0.1) is 26.2 Å². The minimum Gasteiger partial charge on any atom is -0.399 e. The SMILES string of the molecule is CCCC[N+](CCCC)(CCCC)CCCC.N#COC1(N)CCCC(OC#N)(OC#N)C1(N)OC#N. The van der Waals surface area contributed by atoms with E-state index in [0.717, 1.165) is 0 Å². The lowest BCUT2D eigenvalue weighted by Crippen LogP contribution is -2.80. The van der Waals surface area contributed by atoms with Crippen LogP contribution in [0.2, 0.25) is 0 Å². The van der Waals surface area contributed by atoms with Crippen LogP contribution in [0.1, 0.15) is 98.3 Å². The highest BCUT2D eigenvalue weighted by Gasteiger charge is 2.72. The summed E-state index contributed by atoms with van der Waals surface area (Å²) in [5.41, 5.74) is 7.36. The van der Waals surface area contributed by atoms with E-state index in [9.17, 15) is 0 Å². The number of hydrogen-bond donors (Lipinski definition) is 2. The van der Waals surface area contributed by atoms with Gasteiger partial charge in [0, 0.05) is 12.8 Å². The zero-order chi connectivity index (χ0) is 28.3. The van der Waals surface area contributed by atoms with Crippen LogP contribution < -0.4 is 11.5 Å². The molecule has 0 aliphatic heterocycles. The summed E-state index contributed by atoms with van der Waals surface area (Å²) in [7, 11) is 0. The molecule has 0 heterocycles. The van der Waals surface area contributed by atoms with Crippen LogP contribution in [-0.2, 0) is 18.9 Å². The first-order valence-electron chi connectivity index (χ1n) is 13.4. The number of nitrogens with zero attached hydrogens (tertiary/aromatic N) is 5. The Morgan fingerprint density at radius 1 is 0.622 bits per heavy atom. The van der Waals surface area contributed by atoms with Crippen molar-refractivity contribution in [3.63, 3.8) is 0 Å². The maximum Gasteiger partial charge on any atom is 0.334 e. The Bertz CT molecular complexity index is 760. The van der Waals surface area contributed by atoms with Crippen molar-refractivity contribution in [2.75, 3.05) is 26.2 Å². The zero-order valence-corrected chi connectivity index (χ0v) is 23.1. The molecular weight excluding hydrogens is 474 g/mol. The summed E-state index contributed by atoms with van der Waals surface area (Å²) in [6, 6.07) is 0. The van der Waals surface area contributed by atoms with Gasteiger partial charge in [-0.1, -0.05) is 53.4 Å². The predicted octanol–water partition coefficient (Wildman–Crippen LogP) is 4.17. The molecule has 1 rings (SSSR count). The van der Waals surface area contributed by atoms with E-state index in [4.69, 9.17) is 42.0 Å². The maximum absolute atomic E-state index is 8.73. The molecule has 0 aromatic heterocycles. The second-order valence-corrected chi connectivity index (χ2v) is 9.66. The Morgan fingerprint density at radius 2 is 1.00 bits per heavy atom. The van der Waals surface area contributed by atoms with Crippen molar-refractivity contribution in [2.45, 2.75) is 116 Å². The van der Waals surface area contributed by atoms with E-state index in [1.807, 2.05) is 0 Å². The number of rotatable bonds is 16. The summed E-state index contributed by atoms with van der Waals surface area (Å²) < 4.78 is 20.2. The molecule has 11 heteroatoms. The molecule has 1 fully saturated rings. The molecule has 0 amide bonds. The van der Waals surface area contributed by atoms with Crippen molar-refractivity contribution >= 4 is 0 Å². The van der Waals surface area contributed by atoms with Gasteiger partial charge in [0.15, 0.2) is 0 Å². The normalized spacial score (nSPS) is 22.0. The highest BCUT2D eigenvalue weighted by Crippen LogP contribution is 2.45. The Morgan fingerprint density at radius 3 is 1.32 bits per heavy atom. The van der Waals surface area contributed by atoms with E-state index in [0.29, 0.717) is 0 Å². The van der Waals surface area contributed by atoms with Gasteiger partial charge in [-0.25, -0.2) is 0 Å². The first-order valence-corrected chi connectivity index (χ1v) is 13.4. The summed E-state index contributed by atoms with van der Waals surface area (Å²) in [4.78, 5) is 0. The fourth-order valence-electron chi connectivity index (χ4n) is 4.79. The van der Waals surface area contributed by atoms with Gasteiger partial charge in [-0.15, -0.1) is 0 Å². The smallest absolute Gasteiger partial charge is 0.334 e. The molecule has 0 bridgehead atoms. The summed E-state index contributed by atoms with van der Waals surface area (Å²) in [6.45, 7) is 15.0. The molecule has 0 spiro atoms. The van der Waals surface area contributed by atoms with Gasteiger partial charge < -0.3 is 23.4 Å². The zero-order valence-electron chi connectivity index (χ0n) is 23.1. The van der Waals surface area contributed by atoms with Crippen LogP contribution in [0.3, 0.4) is 0 Å². The molecule has 0 saturated heterocycles. The lowest BCUT2D eigenvalue weighted by Gasteiger charge is -2.50. The van der Waals surface area contributed by atoms with Crippen molar-refractivity contribution in [3.05, 3.63) is 0 Å². The molecule has 1 saturated carbocycles. The fraction of sp³-hybridized carbons (Fsp3) is 0.846. The second-order valence-electron chi connectivity index (χ2n) is 9.66. The van der Waals surface area contributed by atoms with Crippen LogP contribution in [0.15, 0.2) is 0 Å². The summed E-state index contributed by atoms with van der Waals surface area (Å²) in [5.74, 6) is -2.17. The summed E-state index contributed by atoms with van der Waals surface area (Å²) in [5, 5.41) is 34.8. The first kappa shape index (κ1) is 34.0. The predicted molar refractivity (Wildman–Crippen MR) is 137 cm³/mol. The third-order valence-electron chi connectivity index (χ3n) is 7.05. The number of nitrogens with two attached hydrogens (primary N) is 2. The van der Waals surface area contributed by atoms with Gasteiger partial charge >= 0.3 is 11.5 Å². The molecular formula is C26H46N7O4+. The average molecular weight is 521 g/mol. The van der Waals surface area contributed by atoms with Crippen LogP contribution in [-0.4, -0.2) is 47.9 Å². The molecule has 37 heavy (non-hydrogen) atoms. The summed E-state index contributed by atoms with van der Waals surface area (Å²) in [6.07, 6.45) is 16.5. The molecule has 2 atom stereocenters. The highest BCUT2D eigenvalue weighted by atomic mass is 16.7.